The third-order valence-electron chi connectivity index (χ3n) is 4.83. The number of hydrogen-bond donors (Lipinski definition) is 1. The average Bonchev–Trinajstić information content (AvgIpc) is 2.68. The molecule has 2 heterocycles. The molecule has 0 saturated heterocycles. The number of anilines is 1. The van der Waals surface area contributed by atoms with Crippen LogP contribution < -0.4 is 10.1 Å². The molecule has 26 heavy (non-hydrogen) atoms. The largest absolute Gasteiger partial charge is 0.497 e. The normalized spacial score (nSPS) is 15.2. The van der Waals surface area contributed by atoms with Gasteiger partial charge in [-0.1, -0.05) is 13.8 Å². The van der Waals surface area contributed by atoms with Crippen molar-refractivity contribution in [1.82, 2.24) is 14.9 Å². The molecule has 1 unspecified atom stereocenters. The summed E-state index contributed by atoms with van der Waals surface area (Å²) in [6.07, 6.45) is 4.40. The standard InChI is InChI=1S/C20H26N4O2/c1-4-18(20(25)22-15-6-8-16(26-3)9-7-15)24-11-10-14-12-21-19(5-2)23-17(14)13-24/h6-9,12,18H,4-5,10-11,13H2,1-3H3,(H,22,25). The zero-order chi connectivity index (χ0) is 18.5. The topological polar surface area (TPSA) is 67.4 Å². The molecule has 1 amide bonds. The first-order valence-corrected chi connectivity index (χ1v) is 9.17. The Hall–Kier alpha value is -2.47. The van der Waals surface area contributed by atoms with E-state index in [4.69, 9.17) is 4.74 Å². The van der Waals surface area contributed by atoms with Crippen molar-refractivity contribution in [2.75, 3.05) is 19.0 Å². The molecular weight excluding hydrogens is 328 g/mol. The van der Waals surface area contributed by atoms with E-state index in [2.05, 4.69) is 27.1 Å². The summed E-state index contributed by atoms with van der Waals surface area (Å²) in [6, 6.07) is 7.23. The number of nitrogens with zero attached hydrogens (tertiary/aromatic N) is 3. The monoisotopic (exact) mass is 354 g/mol. The maximum absolute atomic E-state index is 12.8. The van der Waals surface area contributed by atoms with Gasteiger partial charge in [0, 0.05) is 31.4 Å². The van der Waals surface area contributed by atoms with Gasteiger partial charge in [-0.05, 0) is 42.7 Å². The summed E-state index contributed by atoms with van der Waals surface area (Å²) in [7, 11) is 1.63. The first-order chi connectivity index (χ1) is 12.6. The molecule has 6 heteroatoms. The number of ether oxygens (including phenoxy) is 1. The molecule has 0 fully saturated rings. The number of hydrogen-bond acceptors (Lipinski definition) is 5. The molecule has 138 valence electrons. The second kappa shape index (κ2) is 8.27. The van der Waals surface area contributed by atoms with E-state index in [0.29, 0.717) is 6.54 Å². The number of nitrogens with one attached hydrogen (secondary N) is 1. The molecule has 1 aliphatic rings. The van der Waals surface area contributed by atoms with Crippen LogP contribution in [0.1, 0.15) is 37.4 Å². The zero-order valence-corrected chi connectivity index (χ0v) is 15.7. The van der Waals surface area contributed by atoms with Crippen LogP contribution in [0.4, 0.5) is 5.69 Å². The van der Waals surface area contributed by atoms with E-state index in [1.165, 1.54) is 5.56 Å². The maximum Gasteiger partial charge on any atom is 0.241 e. The first kappa shape index (κ1) is 18.3. The van der Waals surface area contributed by atoms with Crippen molar-refractivity contribution < 1.29 is 9.53 Å². The van der Waals surface area contributed by atoms with Gasteiger partial charge in [0.2, 0.25) is 5.91 Å². The van der Waals surface area contributed by atoms with Gasteiger partial charge in [0.05, 0.1) is 18.8 Å². The zero-order valence-electron chi connectivity index (χ0n) is 15.7. The molecule has 0 saturated carbocycles. The predicted molar refractivity (Wildman–Crippen MR) is 101 cm³/mol. The van der Waals surface area contributed by atoms with Crippen LogP contribution in [-0.4, -0.2) is 40.5 Å². The number of aromatic nitrogens is 2. The molecular formula is C20H26N4O2. The van der Waals surface area contributed by atoms with Crippen LogP contribution in [0.15, 0.2) is 30.5 Å². The Labute approximate surface area is 154 Å². The highest BCUT2D eigenvalue weighted by atomic mass is 16.5. The average molecular weight is 354 g/mol. The first-order valence-electron chi connectivity index (χ1n) is 9.17. The number of fused-ring (bicyclic) bond motifs is 1. The Morgan fingerprint density at radius 1 is 1.31 bits per heavy atom. The second-order valence-corrected chi connectivity index (χ2v) is 6.47. The Morgan fingerprint density at radius 3 is 2.73 bits per heavy atom. The number of aryl methyl sites for hydroxylation is 1. The lowest BCUT2D eigenvalue weighted by Gasteiger charge is -2.33. The number of benzene rings is 1. The highest BCUT2D eigenvalue weighted by Crippen LogP contribution is 2.21. The van der Waals surface area contributed by atoms with Gasteiger partial charge in [-0.3, -0.25) is 9.69 Å². The molecule has 1 aliphatic heterocycles. The molecule has 3 rings (SSSR count). The fraction of sp³-hybridized carbons (Fsp3) is 0.450. The van der Waals surface area contributed by atoms with Gasteiger partial charge in [-0.15, -0.1) is 0 Å². The SMILES string of the molecule is CCc1ncc2c(n1)CN(C(CC)C(=O)Nc1ccc(OC)cc1)CC2. The number of methoxy groups -OCH3 is 1. The molecule has 2 aromatic rings. The smallest absolute Gasteiger partial charge is 0.241 e. The van der Waals surface area contributed by atoms with Crippen LogP contribution in [0.3, 0.4) is 0 Å². The highest BCUT2D eigenvalue weighted by molar-refractivity contribution is 5.94. The van der Waals surface area contributed by atoms with Gasteiger partial charge >= 0.3 is 0 Å². The number of carbonyl (C=O) groups excluding carboxylic acids is 1. The Morgan fingerprint density at radius 2 is 2.08 bits per heavy atom. The van der Waals surface area contributed by atoms with E-state index in [0.717, 1.165) is 48.8 Å². The Bertz CT molecular complexity index is 761. The van der Waals surface area contributed by atoms with Crippen molar-refractivity contribution in [2.24, 2.45) is 0 Å². The maximum atomic E-state index is 12.8. The van der Waals surface area contributed by atoms with Crippen molar-refractivity contribution in [1.29, 1.82) is 0 Å². The molecule has 1 atom stereocenters. The summed E-state index contributed by atoms with van der Waals surface area (Å²) in [5, 5.41) is 3.02. The summed E-state index contributed by atoms with van der Waals surface area (Å²) in [6.45, 7) is 5.64. The summed E-state index contributed by atoms with van der Waals surface area (Å²) in [5.41, 5.74) is 3.03. The van der Waals surface area contributed by atoms with Crippen molar-refractivity contribution in [3.8, 4) is 5.75 Å². The van der Waals surface area contributed by atoms with Gasteiger partial charge < -0.3 is 10.1 Å². The van der Waals surface area contributed by atoms with Crippen molar-refractivity contribution in [3.05, 3.63) is 47.5 Å². The van der Waals surface area contributed by atoms with Crippen LogP contribution in [0, 0.1) is 0 Å². The van der Waals surface area contributed by atoms with Gasteiger partial charge in [0.1, 0.15) is 11.6 Å². The van der Waals surface area contributed by atoms with E-state index in [1.54, 1.807) is 7.11 Å². The molecule has 0 spiro atoms. The number of carbonyl (C=O) groups is 1. The van der Waals surface area contributed by atoms with Crippen LogP contribution in [0.5, 0.6) is 5.75 Å². The van der Waals surface area contributed by atoms with Gasteiger partial charge in [-0.2, -0.15) is 0 Å². The third-order valence-corrected chi connectivity index (χ3v) is 4.83. The third kappa shape index (κ3) is 4.02. The van der Waals surface area contributed by atoms with E-state index < -0.39 is 0 Å². The van der Waals surface area contributed by atoms with E-state index in [-0.39, 0.29) is 11.9 Å². The second-order valence-electron chi connectivity index (χ2n) is 6.47. The number of rotatable bonds is 6. The lowest BCUT2D eigenvalue weighted by molar-refractivity contribution is -0.121. The molecule has 1 aromatic carbocycles. The highest BCUT2D eigenvalue weighted by Gasteiger charge is 2.28. The van der Waals surface area contributed by atoms with Crippen LogP contribution in [0.25, 0.3) is 0 Å². The molecule has 0 bridgehead atoms. The van der Waals surface area contributed by atoms with Crippen LogP contribution in [0.2, 0.25) is 0 Å². The molecule has 1 N–H and O–H groups in total. The van der Waals surface area contributed by atoms with Crippen molar-refractivity contribution in [3.63, 3.8) is 0 Å². The quantitative estimate of drug-likeness (QED) is 0.864. The molecule has 0 radical (unpaired) electrons. The minimum absolute atomic E-state index is 0.0193. The summed E-state index contributed by atoms with van der Waals surface area (Å²) in [5.74, 6) is 1.65. The number of amides is 1. The van der Waals surface area contributed by atoms with Gasteiger partial charge in [0.25, 0.3) is 0 Å². The van der Waals surface area contributed by atoms with Crippen LogP contribution >= 0.6 is 0 Å². The summed E-state index contributed by atoms with van der Waals surface area (Å²) >= 11 is 0. The van der Waals surface area contributed by atoms with Crippen molar-refractivity contribution >= 4 is 11.6 Å². The molecule has 0 aliphatic carbocycles. The van der Waals surface area contributed by atoms with E-state index in [9.17, 15) is 4.79 Å². The van der Waals surface area contributed by atoms with E-state index >= 15 is 0 Å². The lowest BCUT2D eigenvalue weighted by Crippen LogP contribution is -2.46. The Kier molecular flexibility index (Phi) is 5.83. The molecule has 1 aromatic heterocycles. The predicted octanol–water partition coefficient (Wildman–Crippen LogP) is 2.82. The van der Waals surface area contributed by atoms with Crippen molar-refractivity contribution in [2.45, 2.75) is 45.7 Å². The van der Waals surface area contributed by atoms with Gasteiger partial charge in [0.15, 0.2) is 0 Å². The summed E-state index contributed by atoms with van der Waals surface area (Å²) in [4.78, 5) is 24.1. The fourth-order valence-corrected chi connectivity index (χ4v) is 3.31. The van der Waals surface area contributed by atoms with E-state index in [1.807, 2.05) is 37.4 Å². The summed E-state index contributed by atoms with van der Waals surface area (Å²) < 4.78 is 5.16. The Balaban J connectivity index is 1.70. The minimum atomic E-state index is -0.176. The lowest BCUT2D eigenvalue weighted by atomic mass is 10.0. The van der Waals surface area contributed by atoms with Gasteiger partial charge in [-0.25, -0.2) is 9.97 Å². The minimum Gasteiger partial charge on any atom is -0.497 e. The molecule has 6 nitrogen and oxygen atoms in total. The fourth-order valence-electron chi connectivity index (χ4n) is 3.31. The van der Waals surface area contributed by atoms with Crippen LogP contribution in [-0.2, 0) is 24.2 Å².